The van der Waals surface area contributed by atoms with Crippen molar-refractivity contribution in [2.24, 2.45) is 0 Å². The molecule has 3 aromatic rings. The first-order valence-corrected chi connectivity index (χ1v) is 9.24. The largest absolute Gasteiger partial charge is 0.325 e. The molecule has 0 aliphatic carbocycles. The second-order valence-corrected chi connectivity index (χ2v) is 7.22. The Kier molecular flexibility index (Phi) is 4.32. The van der Waals surface area contributed by atoms with E-state index in [9.17, 15) is 4.79 Å². The maximum atomic E-state index is 12.7. The maximum Gasteiger partial charge on any atom is 0.241 e. The first kappa shape index (κ1) is 15.4. The number of hydrogen-bond donors (Lipinski definition) is 1. The minimum absolute atomic E-state index is 0.0385. The van der Waals surface area contributed by atoms with Crippen LogP contribution in [0.1, 0.15) is 18.4 Å². The van der Waals surface area contributed by atoms with Gasteiger partial charge >= 0.3 is 0 Å². The second kappa shape index (κ2) is 6.75. The van der Waals surface area contributed by atoms with Crippen LogP contribution >= 0.6 is 11.3 Å². The highest BCUT2D eigenvalue weighted by atomic mass is 32.1. The van der Waals surface area contributed by atoms with Crippen molar-refractivity contribution in [2.75, 3.05) is 11.9 Å². The van der Waals surface area contributed by atoms with Crippen molar-refractivity contribution in [3.05, 3.63) is 65.5 Å². The molecule has 1 aromatic heterocycles. The third-order valence-electron chi connectivity index (χ3n) is 4.61. The van der Waals surface area contributed by atoms with E-state index in [1.165, 1.54) is 15.6 Å². The van der Waals surface area contributed by atoms with Crippen LogP contribution in [0.5, 0.6) is 0 Å². The molecule has 1 aliphatic heterocycles. The summed E-state index contributed by atoms with van der Waals surface area (Å²) in [4.78, 5) is 15.0. The average molecular weight is 336 g/mol. The summed E-state index contributed by atoms with van der Waals surface area (Å²) in [6, 6.07) is 18.6. The van der Waals surface area contributed by atoms with Crippen molar-refractivity contribution in [3.63, 3.8) is 0 Å². The molecule has 4 heteroatoms. The fourth-order valence-corrected chi connectivity index (χ4v) is 4.17. The lowest BCUT2D eigenvalue weighted by Crippen LogP contribution is -2.39. The fraction of sp³-hybridized carbons (Fsp3) is 0.250. The summed E-state index contributed by atoms with van der Waals surface area (Å²) in [6.07, 6.45) is 2.01. The van der Waals surface area contributed by atoms with Gasteiger partial charge in [0.25, 0.3) is 0 Å². The Morgan fingerprint density at radius 1 is 1.17 bits per heavy atom. The Balaban J connectivity index is 1.46. The molecule has 1 fully saturated rings. The smallest absolute Gasteiger partial charge is 0.241 e. The van der Waals surface area contributed by atoms with Crippen molar-refractivity contribution >= 4 is 33.0 Å². The summed E-state index contributed by atoms with van der Waals surface area (Å²) < 4.78 is 1.25. The van der Waals surface area contributed by atoms with Crippen LogP contribution in [-0.4, -0.2) is 23.4 Å². The number of benzene rings is 2. The Morgan fingerprint density at radius 2 is 2.04 bits per heavy atom. The lowest BCUT2D eigenvalue weighted by Gasteiger charge is -2.23. The van der Waals surface area contributed by atoms with E-state index in [0.29, 0.717) is 0 Å². The fourth-order valence-electron chi connectivity index (χ4n) is 3.40. The van der Waals surface area contributed by atoms with Gasteiger partial charge in [-0.2, -0.15) is 0 Å². The van der Waals surface area contributed by atoms with Crippen LogP contribution in [-0.2, 0) is 11.3 Å². The molecule has 0 bridgehead atoms. The number of nitrogens with zero attached hydrogens (tertiary/aromatic N) is 1. The summed E-state index contributed by atoms with van der Waals surface area (Å²) >= 11 is 1.72. The van der Waals surface area contributed by atoms with E-state index >= 15 is 0 Å². The quantitative estimate of drug-likeness (QED) is 0.760. The zero-order valence-electron chi connectivity index (χ0n) is 13.4. The van der Waals surface area contributed by atoms with E-state index in [1.54, 1.807) is 11.3 Å². The molecule has 0 spiro atoms. The average Bonchev–Trinajstić information content (AvgIpc) is 3.24. The van der Waals surface area contributed by atoms with Gasteiger partial charge in [-0.3, -0.25) is 9.69 Å². The number of rotatable bonds is 4. The highest BCUT2D eigenvalue weighted by Crippen LogP contribution is 2.25. The number of carbonyl (C=O) groups excluding carboxylic acids is 1. The van der Waals surface area contributed by atoms with Gasteiger partial charge in [0.2, 0.25) is 5.91 Å². The maximum absolute atomic E-state index is 12.7. The third kappa shape index (κ3) is 3.21. The van der Waals surface area contributed by atoms with Crippen LogP contribution in [0.15, 0.2) is 60.0 Å². The van der Waals surface area contributed by atoms with Crippen molar-refractivity contribution in [1.29, 1.82) is 0 Å². The van der Waals surface area contributed by atoms with Crippen molar-refractivity contribution in [2.45, 2.75) is 25.4 Å². The van der Waals surface area contributed by atoms with Crippen LogP contribution in [0.3, 0.4) is 0 Å². The molecule has 1 amide bonds. The van der Waals surface area contributed by atoms with Crippen LogP contribution in [0.2, 0.25) is 0 Å². The number of nitrogens with one attached hydrogen (secondary N) is 1. The summed E-state index contributed by atoms with van der Waals surface area (Å²) in [5, 5.41) is 6.37. The standard InChI is InChI=1S/C20H20N2OS/c23-20(21-17-8-9-19-16(13-17)10-12-24-19)18-7-4-11-22(18)14-15-5-2-1-3-6-15/h1-3,5-6,8-10,12-13,18H,4,7,11,14H2,(H,21,23). The molecular formula is C20H20N2OS. The summed E-state index contributed by atoms with van der Waals surface area (Å²) in [5.41, 5.74) is 2.15. The van der Waals surface area contributed by atoms with Crippen molar-refractivity contribution in [1.82, 2.24) is 4.90 Å². The monoisotopic (exact) mass is 336 g/mol. The molecule has 1 atom stereocenters. The molecule has 3 nitrogen and oxygen atoms in total. The predicted molar refractivity (Wildman–Crippen MR) is 100 cm³/mol. The van der Waals surface area contributed by atoms with Gasteiger partial charge < -0.3 is 5.32 Å². The molecule has 1 N–H and O–H groups in total. The number of carbonyl (C=O) groups is 1. The highest BCUT2D eigenvalue weighted by molar-refractivity contribution is 7.17. The molecule has 1 saturated heterocycles. The van der Waals surface area contributed by atoms with E-state index in [0.717, 1.165) is 31.6 Å². The van der Waals surface area contributed by atoms with E-state index in [-0.39, 0.29) is 11.9 Å². The number of anilines is 1. The van der Waals surface area contributed by atoms with Crippen molar-refractivity contribution in [3.8, 4) is 0 Å². The van der Waals surface area contributed by atoms with Gasteiger partial charge in [0.1, 0.15) is 0 Å². The third-order valence-corrected chi connectivity index (χ3v) is 5.51. The lowest BCUT2D eigenvalue weighted by molar-refractivity contribution is -0.120. The Bertz CT molecular complexity index is 843. The van der Waals surface area contributed by atoms with Gasteiger partial charge in [0.15, 0.2) is 0 Å². The van der Waals surface area contributed by atoms with Gasteiger partial charge in [0, 0.05) is 16.9 Å². The van der Waals surface area contributed by atoms with Crippen LogP contribution < -0.4 is 5.32 Å². The normalized spacial score (nSPS) is 18.1. The molecule has 4 rings (SSSR count). The summed E-state index contributed by atoms with van der Waals surface area (Å²) in [5.74, 6) is 0.109. The summed E-state index contributed by atoms with van der Waals surface area (Å²) in [6.45, 7) is 1.82. The Labute approximate surface area is 145 Å². The number of hydrogen-bond acceptors (Lipinski definition) is 3. The predicted octanol–water partition coefficient (Wildman–Crippen LogP) is 4.50. The molecule has 1 unspecified atom stereocenters. The molecule has 2 heterocycles. The van der Waals surface area contributed by atoms with Gasteiger partial charge in [-0.1, -0.05) is 30.3 Å². The van der Waals surface area contributed by atoms with Crippen LogP contribution in [0.25, 0.3) is 10.1 Å². The molecule has 0 saturated carbocycles. The number of likely N-dealkylation sites (tertiary alicyclic amines) is 1. The van der Waals surface area contributed by atoms with Gasteiger partial charge in [-0.25, -0.2) is 0 Å². The SMILES string of the molecule is O=C(Nc1ccc2sccc2c1)C1CCCN1Cc1ccccc1. The van der Waals surface area contributed by atoms with E-state index < -0.39 is 0 Å². The molecule has 1 aliphatic rings. The van der Waals surface area contributed by atoms with Crippen LogP contribution in [0.4, 0.5) is 5.69 Å². The zero-order valence-corrected chi connectivity index (χ0v) is 14.3. The first-order chi connectivity index (χ1) is 11.8. The van der Waals surface area contributed by atoms with Gasteiger partial charge in [-0.05, 0) is 60.0 Å². The van der Waals surface area contributed by atoms with E-state index in [1.807, 2.05) is 12.1 Å². The lowest BCUT2D eigenvalue weighted by atomic mass is 10.1. The van der Waals surface area contributed by atoms with E-state index in [4.69, 9.17) is 0 Å². The minimum atomic E-state index is -0.0385. The minimum Gasteiger partial charge on any atom is -0.325 e. The molecule has 122 valence electrons. The molecule has 2 aromatic carbocycles. The second-order valence-electron chi connectivity index (χ2n) is 6.28. The van der Waals surface area contributed by atoms with Gasteiger partial charge in [-0.15, -0.1) is 11.3 Å². The molecular weight excluding hydrogens is 316 g/mol. The van der Waals surface area contributed by atoms with Crippen molar-refractivity contribution < 1.29 is 4.79 Å². The molecule has 0 radical (unpaired) electrons. The number of amides is 1. The molecule has 24 heavy (non-hydrogen) atoms. The summed E-state index contributed by atoms with van der Waals surface area (Å²) in [7, 11) is 0. The number of thiophene rings is 1. The topological polar surface area (TPSA) is 32.3 Å². The van der Waals surface area contributed by atoms with Gasteiger partial charge in [0.05, 0.1) is 6.04 Å². The van der Waals surface area contributed by atoms with Crippen LogP contribution in [0, 0.1) is 0 Å². The zero-order chi connectivity index (χ0) is 16.4. The Morgan fingerprint density at radius 3 is 2.92 bits per heavy atom. The number of fused-ring (bicyclic) bond motifs is 1. The Hall–Kier alpha value is -2.17. The first-order valence-electron chi connectivity index (χ1n) is 8.36. The van der Waals surface area contributed by atoms with E-state index in [2.05, 4.69) is 58.1 Å². The highest BCUT2D eigenvalue weighted by Gasteiger charge is 2.30.